The zero-order valence-electron chi connectivity index (χ0n) is 31.1. The van der Waals surface area contributed by atoms with E-state index in [9.17, 15) is 44.1 Å². The summed E-state index contributed by atoms with van der Waals surface area (Å²) in [5.74, 6) is -4.69. The predicted molar refractivity (Wildman–Crippen MR) is 196 cm³/mol. The molecule has 2 saturated carbocycles. The van der Waals surface area contributed by atoms with E-state index in [1.807, 2.05) is 12.1 Å². The molecule has 0 spiro atoms. The van der Waals surface area contributed by atoms with Crippen molar-refractivity contribution in [2.75, 3.05) is 19.7 Å². The Balaban J connectivity index is 1.33. The number of aliphatic imine (C=N–C) groups is 1. The first kappa shape index (κ1) is 41.8. The van der Waals surface area contributed by atoms with Gasteiger partial charge >= 0.3 is 11.9 Å². The number of fused-ring (bicyclic) bond motifs is 5. The van der Waals surface area contributed by atoms with E-state index in [1.165, 1.54) is 11.1 Å². The largest absolute Gasteiger partial charge is 0.484 e. The number of guanidine groups is 1. The van der Waals surface area contributed by atoms with E-state index in [0.717, 1.165) is 38.5 Å². The third-order valence-corrected chi connectivity index (χ3v) is 11.3. The Kier molecular flexibility index (Phi) is 14.3. The number of hydrogen-bond donors (Lipinski definition) is 9. The van der Waals surface area contributed by atoms with Crippen molar-refractivity contribution in [2.24, 2.45) is 39.6 Å². The van der Waals surface area contributed by atoms with Gasteiger partial charge < -0.3 is 52.8 Å². The van der Waals surface area contributed by atoms with E-state index in [-0.39, 0.29) is 43.5 Å². The van der Waals surface area contributed by atoms with Gasteiger partial charge in [0.2, 0.25) is 17.7 Å². The first-order valence-corrected chi connectivity index (χ1v) is 18.6. The second kappa shape index (κ2) is 18.4. The average Bonchev–Trinajstić information content (AvgIpc) is 3.42. The molecule has 1 aromatic rings. The molecule has 8 atom stereocenters. The number of amides is 4. The Labute approximate surface area is 314 Å². The van der Waals surface area contributed by atoms with Crippen LogP contribution < -0.4 is 37.5 Å². The van der Waals surface area contributed by atoms with Gasteiger partial charge in [-0.3, -0.25) is 29.0 Å². The summed E-state index contributed by atoms with van der Waals surface area (Å²) in [5, 5.41) is 38.8. The first-order chi connectivity index (χ1) is 25.5. The number of aryl methyl sites for hydroxylation is 1. The topological polar surface area (TPSA) is 285 Å². The van der Waals surface area contributed by atoms with E-state index >= 15 is 0 Å². The lowest BCUT2D eigenvalue weighted by molar-refractivity contribution is -0.144. The van der Waals surface area contributed by atoms with Gasteiger partial charge in [-0.2, -0.15) is 0 Å². The molecule has 298 valence electrons. The van der Waals surface area contributed by atoms with E-state index in [0.29, 0.717) is 23.5 Å². The number of aliphatic hydroxyl groups is 1. The summed E-state index contributed by atoms with van der Waals surface area (Å²) in [6, 6.07) is 1.83. The molecule has 2 fully saturated rings. The Morgan fingerprint density at radius 2 is 1.69 bits per heavy atom. The van der Waals surface area contributed by atoms with Crippen LogP contribution in [0.25, 0.3) is 0 Å². The molecule has 4 amide bonds. The summed E-state index contributed by atoms with van der Waals surface area (Å²) in [6.45, 7) is 4.44. The highest BCUT2D eigenvalue weighted by Gasteiger charge is 2.54. The monoisotopic (exact) mass is 757 g/mol. The van der Waals surface area contributed by atoms with Gasteiger partial charge in [-0.15, -0.1) is 0 Å². The van der Waals surface area contributed by atoms with Gasteiger partial charge in [-0.25, -0.2) is 4.79 Å². The number of carbonyl (C=O) groups excluding carboxylic acids is 4. The first-order valence-electron chi connectivity index (χ1n) is 18.6. The van der Waals surface area contributed by atoms with Crippen LogP contribution in [0.15, 0.2) is 23.2 Å². The zero-order valence-corrected chi connectivity index (χ0v) is 31.1. The van der Waals surface area contributed by atoms with Gasteiger partial charge in [0.1, 0.15) is 23.9 Å². The highest BCUT2D eigenvalue weighted by atomic mass is 16.5. The van der Waals surface area contributed by atoms with Crippen LogP contribution in [0.4, 0.5) is 0 Å². The fraction of sp³-hybridized carbons (Fsp3) is 0.649. The molecule has 3 aliphatic rings. The number of carbonyl (C=O) groups is 6. The molecule has 3 aliphatic carbocycles. The maximum Gasteiger partial charge on any atom is 0.326 e. The molecule has 0 heterocycles. The number of benzene rings is 1. The molecule has 17 heteroatoms. The number of carboxylic acid groups (broad SMARTS) is 2. The average molecular weight is 758 g/mol. The standard InChI is InChI=1S/C37H55N7O10/c1-19(2)32(35(52)53)44-34(51)27(16-31(48)49)43-29(46)17-41-33(50)26(5-4-14-40-36(38)39)42-30(47)18-54-21-7-9-22-20(15-21)6-8-24-23(22)12-13-37(3)25(24)10-11-28(37)45/h7,9,15,19,23-28,32,45H,4-6,8,10-14,16-18H2,1-3H3,(H,41,50)(H,42,47)(H,43,46)(H,44,51)(H,48,49)(H,52,53)(H4,38,39,40)/t23-,24-,25+,26+,27+,28+,32+,37+/m1/s1. The van der Waals surface area contributed by atoms with Crippen LogP contribution in [0.1, 0.15) is 89.2 Å². The summed E-state index contributed by atoms with van der Waals surface area (Å²) >= 11 is 0. The van der Waals surface area contributed by atoms with Crippen LogP contribution in [0.3, 0.4) is 0 Å². The van der Waals surface area contributed by atoms with Gasteiger partial charge in [-0.05, 0) is 104 Å². The lowest BCUT2D eigenvalue weighted by atomic mass is 9.55. The summed E-state index contributed by atoms with van der Waals surface area (Å²) in [6.07, 6.45) is 5.19. The zero-order chi connectivity index (χ0) is 39.7. The van der Waals surface area contributed by atoms with E-state index in [2.05, 4.69) is 39.2 Å². The molecule has 4 rings (SSSR count). The van der Waals surface area contributed by atoms with Crippen molar-refractivity contribution in [3.8, 4) is 5.75 Å². The maximum atomic E-state index is 13.2. The smallest absolute Gasteiger partial charge is 0.326 e. The van der Waals surface area contributed by atoms with Crippen molar-refractivity contribution in [1.29, 1.82) is 0 Å². The number of ether oxygens (including phenoxy) is 1. The van der Waals surface area contributed by atoms with Gasteiger partial charge in [-0.1, -0.05) is 26.8 Å². The van der Waals surface area contributed by atoms with Crippen LogP contribution in [0.2, 0.25) is 0 Å². The summed E-state index contributed by atoms with van der Waals surface area (Å²) in [7, 11) is 0. The Morgan fingerprint density at radius 1 is 0.963 bits per heavy atom. The third kappa shape index (κ3) is 10.6. The molecule has 54 heavy (non-hydrogen) atoms. The number of aliphatic carboxylic acids is 2. The van der Waals surface area contributed by atoms with Crippen LogP contribution in [-0.4, -0.2) is 101 Å². The van der Waals surface area contributed by atoms with Crippen molar-refractivity contribution in [1.82, 2.24) is 21.3 Å². The molecular weight excluding hydrogens is 702 g/mol. The minimum absolute atomic E-state index is 0.00745. The van der Waals surface area contributed by atoms with E-state index in [4.69, 9.17) is 16.2 Å². The van der Waals surface area contributed by atoms with Crippen molar-refractivity contribution >= 4 is 41.5 Å². The lowest BCUT2D eigenvalue weighted by Gasteiger charge is -2.50. The number of rotatable bonds is 18. The normalized spacial score (nSPS) is 24.3. The van der Waals surface area contributed by atoms with E-state index in [1.54, 1.807) is 13.8 Å². The number of carboxylic acids is 2. The Hall–Kier alpha value is -4.93. The Bertz CT molecular complexity index is 1600. The van der Waals surface area contributed by atoms with Crippen LogP contribution in [0, 0.1) is 23.2 Å². The Morgan fingerprint density at radius 3 is 2.35 bits per heavy atom. The van der Waals surface area contributed by atoms with Crippen molar-refractivity contribution < 1.29 is 48.8 Å². The molecule has 0 unspecified atom stereocenters. The molecule has 0 bridgehead atoms. The van der Waals surface area contributed by atoms with Gasteiger partial charge in [0.15, 0.2) is 12.6 Å². The fourth-order valence-corrected chi connectivity index (χ4v) is 8.47. The van der Waals surface area contributed by atoms with Crippen molar-refractivity contribution in [3.05, 3.63) is 29.3 Å². The molecule has 0 saturated heterocycles. The number of nitrogens with two attached hydrogens (primary N) is 2. The second-order valence-electron chi connectivity index (χ2n) is 15.3. The molecule has 11 N–H and O–H groups in total. The molecule has 0 aromatic heterocycles. The van der Waals surface area contributed by atoms with E-state index < -0.39 is 72.6 Å². The minimum atomic E-state index is -1.62. The summed E-state index contributed by atoms with van der Waals surface area (Å²) in [5.41, 5.74) is 13.3. The summed E-state index contributed by atoms with van der Waals surface area (Å²) < 4.78 is 5.84. The number of aliphatic hydroxyl groups excluding tert-OH is 1. The highest BCUT2D eigenvalue weighted by Crippen LogP contribution is 2.60. The molecule has 0 aliphatic heterocycles. The maximum absolute atomic E-state index is 13.2. The second-order valence-corrected chi connectivity index (χ2v) is 15.3. The van der Waals surface area contributed by atoms with Gasteiger partial charge in [0.05, 0.1) is 19.1 Å². The highest BCUT2D eigenvalue weighted by molar-refractivity contribution is 5.95. The molecule has 0 radical (unpaired) electrons. The van der Waals surface area contributed by atoms with Crippen molar-refractivity contribution in [2.45, 2.75) is 109 Å². The molecular formula is C37H55N7O10. The molecule has 1 aromatic carbocycles. The summed E-state index contributed by atoms with van der Waals surface area (Å²) in [4.78, 5) is 78.4. The quantitative estimate of drug-likeness (QED) is 0.0549. The SMILES string of the molecule is CC(C)[C@H](NC(=O)[C@H](CC(=O)O)NC(=O)CNC(=O)[C@H](CCCN=C(N)N)NC(=O)COc1ccc2c(c1)CC[C@@H]1[C@@H]2CC[C@]2(C)[C@@H](O)CC[C@@H]12)C(=O)O. The predicted octanol–water partition coefficient (Wildman–Crippen LogP) is 0.122. The number of hydrogen-bond acceptors (Lipinski definition) is 9. The van der Waals surface area contributed by atoms with Crippen LogP contribution in [-0.2, 0) is 35.2 Å². The minimum Gasteiger partial charge on any atom is -0.484 e. The fourth-order valence-electron chi connectivity index (χ4n) is 8.47. The van der Waals surface area contributed by atoms with Crippen molar-refractivity contribution in [3.63, 3.8) is 0 Å². The molecule has 17 nitrogen and oxygen atoms in total. The van der Waals surface area contributed by atoms with Gasteiger partial charge in [0.25, 0.3) is 5.91 Å². The lowest BCUT2D eigenvalue weighted by Crippen LogP contribution is -2.55. The van der Waals surface area contributed by atoms with Gasteiger partial charge in [0, 0.05) is 6.54 Å². The number of nitrogens with zero attached hydrogens (tertiary/aromatic N) is 1. The number of nitrogens with one attached hydrogen (secondary N) is 4. The van der Waals surface area contributed by atoms with Crippen LogP contribution >= 0.6 is 0 Å². The van der Waals surface area contributed by atoms with Crippen LogP contribution in [0.5, 0.6) is 5.75 Å². The third-order valence-electron chi connectivity index (χ3n) is 11.3.